The highest BCUT2D eigenvalue weighted by molar-refractivity contribution is 6.31. The van der Waals surface area contributed by atoms with E-state index in [-0.39, 0.29) is 23.2 Å². The zero-order valence-corrected chi connectivity index (χ0v) is 20.5. The molecule has 0 atom stereocenters. The fraction of sp³-hybridized carbons (Fsp3) is 0.320. The number of rotatable bonds is 3. The number of ether oxygens (including phenoxy) is 1. The zero-order valence-electron chi connectivity index (χ0n) is 19.8. The highest BCUT2D eigenvalue weighted by Gasteiger charge is 2.29. The molecule has 1 fully saturated rings. The average molecular weight is 500 g/mol. The van der Waals surface area contributed by atoms with Gasteiger partial charge in [-0.15, -0.1) is 0 Å². The van der Waals surface area contributed by atoms with E-state index in [0.29, 0.717) is 48.1 Å². The molecule has 1 aliphatic heterocycles. The third-order valence-corrected chi connectivity index (χ3v) is 5.76. The van der Waals surface area contributed by atoms with Crippen LogP contribution in [0.5, 0.6) is 0 Å². The molecular formula is C25H27ClFN5O3. The average Bonchev–Trinajstić information content (AvgIpc) is 2.79. The second kappa shape index (κ2) is 9.58. The maximum Gasteiger partial charge on any atom is 0.359 e. The molecule has 8 nitrogen and oxygen atoms in total. The Labute approximate surface area is 207 Å². The van der Waals surface area contributed by atoms with Crippen molar-refractivity contribution >= 4 is 51.6 Å². The molecule has 2 aromatic carbocycles. The van der Waals surface area contributed by atoms with Crippen LogP contribution in [-0.2, 0) is 4.74 Å². The van der Waals surface area contributed by atoms with Crippen LogP contribution in [0.2, 0.25) is 5.02 Å². The molecule has 2 heterocycles. The van der Waals surface area contributed by atoms with Crippen molar-refractivity contribution in [3.8, 4) is 0 Å². The van der Waals surface area contributed by atoms with Gasteiger partial charge in [-0.05, 0) is 63.2 Å². The highest BCUT2D eigenvalue weighted by Crippen LogP contribution is 2.36. The second-order valence-electron chi connectivity index (χ2n) is 9.30. The predicted octanol–water partition coefficient (Wildman–Crippen LogP) is 4.92. The Hall–Kier alpha value is -3.59. The van der Waals surface area contributed by atoms with Gasteiger partial charge in [-0.2, -0.15) is 0 Å². The Morgan fingerprint density at radius 2 is 1.74 bits per heavy atom. The second-order valence-corrected chi connectivity index (χ2v) is 9.73. The number of urea groups is 1. The van der Waals surface area contributed by atoms with E-state index in [2.05, 4.69) is 10.3 Å². The summed E-state index contributed by atoms with van der Waals surface area (Å²) in [6, 6.07) is 10.6. The van der Waals surface area contributed by atoms with Crippen LogP contribution in [0.1, 0.15) is 31.3 Å². The zero-order chi connectivity index (χ0) is 25.3. The minimum absolute atomic E-state index is 0.0289. The van der Waals surface area contributed by atoms with Crippen molar-refractivity contribution in [1.82, 2.24) is 9.88 Å². The Kier molecular flexibility index (Phi) is 6.71. The first kappa shape index (κ1) is 24.5. The monoisotopic (exact) mass is 499 g/mol. The van der Waals surface area contributed by atoms with Crippen molar-refractivity contribution in [2.75, 3.05) is 42.1 Å². The number of anilines is 3. The van der Waals surface area contributed by atoms with E-state index in [9.17, 15) is 14.0 Å². The van der Waals surface area contributed by atoms with Gasteiger partial charge in [-0.25, -0.2) is 19.0 Å². The molecule has 1 saturated heterocycles. The van der Waals surface area contributed by atoms with Gasteiger partial charge in [0.1, 0.15) is 11.4 Å². The third-order valence-electron chi connectivity index (χ3n) is 5.53. The largest absolute Gasteiger partial charge is 0.455 e. The number of benzene rings is 2. The minimum Gasteiger partial charge on any atom is -0.455 e. The number of nitrogens with one attached hydrogen (secondary N) is 1. The van der Waals surface area contributed by atoms with E-state index in [0.717, 1.165) is 5.39 Å². The van der Waals surface area contributed by atoms with Gasteiger partial charge in [0.05, 0.1) is 16.9 Å². The number of hydrogen-bond donors (Lipinski definition) is 2. The van der Waals surface area contributed by atoms with E-state index in [1.165, 1.54) is 24.3 Å². The number of aromatic nitrogens is 1. The molecule has 35 heavy (non-hydrogen) atoms. The van der Waals surface area contributed by atoms with Gasteiger partial charge in [0.25, 0.3) is 0 Å². The van der Waals surface area contributed by atoms with Crippen molar-refractivity contribution in [2.45, 2.75) is 26.4 Å². The molecule has 0 bridgehead atoms. The first-order chi connectivity index (χ1) is 16.5. The van der Waals surface area contributed by atoms with Crippen molar-refractivity contribution in [3.05, 3.63) is 59.0 Å². The number of nitrogen functional groups attached to an aromatic ring is 1. The van der Waals surface area contributed by atoms with Crippen LogP contribution in [0.25, 0.3) is 10.9 Å². The molecule has 1 aromatic heterocycles. The van der Waals surface area contributed by atoms with Crippen LogP contribution >= 0.6 is 11.6 Å². The number of amides is 2. The Morgan fingerprint density at radius 3 is 2.37 bits per heavy atom. The van der Waals surface area contributed by atoms with Gasteiger partial charge in [0.2, 0.25) is 0 Å². The molecule has 1 aliphatic rings. The number of halogens is 2. The summed E-state index contributed by atoms with van der Waals surface area (Å²) in [5.41, 5.74) is 7.73. The topological polar surface area (TPSA) is 101 Å². The van der Waals surface area contributed by atoms with Crippen LogP contribution in [0, 0.1) is 5.82 Å². The maximum atomic E-state index is 13.1. The summed E-state index contributed by atoms with van der Waals surface area (Å²) in [5, 5.41) is 4.02. The van der Waals surface area contributed by atoms with Gasteiger partial charge in [0, 0.05) is 42.3 Å². The molecule has 4 rings (SSSR count). The van der Waals surface area contributed by atoms with Crippen LogP contribution in [0.15, 0.2) is 42.5 Å². The van der Waals surface area contributed by atoms with E-state index >= 15 is 0 Å². The summed E-state index contributed by atoms with van der Waals surface area (Å²) < 4.78 is 18.6. The lowest BCUT2D eigenvalue weighted by atomic mass is 10.1. The van der Waals surface area contributed by atoms with Crippen LogP contribution in [0.4, 0.5) is 26.2 Å². The van der Waals surface area contributed by atoms with Crippen molar-refractivity contribution in [1.29, 1.82) is 0 Å². The van der Waals surface area contributed by atoms with Crippen molar-refractivity contribution in [2.24, 2.45) is 0 Å². The smallest absolute Gasteiger partial charge is 0.359 e. The number of carbonyl (C=O) groups is 2. The fourth-order valence-corrected chi connectivity index (χ4v) is 4.09. The SMILES string of the molecule is CC(C)(C)OC(=O)c1nc2cc(Cl)ccc2c(N2CCN(C(=O)Nc3ccc(F)cc3)CC2)c1N. The molecule has 2 amide bonds. The van der Waals surface area contributed by atoms with E-state index in [1.807, 2.05) is 11.0 Å². The summed E-state index contributed by atoms with van der Waals surface area (Å²) in [6.07, 6.45) is 0. The normalized spacial score (nSPS) is 14.2. The summed E-state index contributed by atoms with van der Waals surface area (Å²) >= 11 is 6.19. The summed E-state index contributed by atoms with van der Waals surface area (Å²) in [4.78, 5) is 33.7. The number of carbonyl (C=O) groups excluding carboxylic acids is 2. The van der Waals surface area contributed by atoms with Crippen molar-refractivity contribution < 1.29 is 18.7 Å². The van der Waals surface area contributed by atoms with E-state index < -0.39 is 11.6 Å². The minimum atomic E-state index is -0.710. The van der Waals surface area contributed by atoms with Gasteiger partial charge in [0.15, 0.2) is 5.69 Å². The molecule has 0 radical (unpaired) electrons. The van der Waals surface area contributed by atoms with E-state index in [1.54, 1.807) is 37.8 Å². The van der Waals surface area contributed by atoms with Gasteiger partial charge >= 0.3 is 12.0 Å². The Bertz CT molecular complexity index is 1270. The maximum absolute atomic E-state index is 13.1. The van der Waals surface area contributed by atoms with Gasteiger partial charge < -0.3 is 25.6 Å². The molecule has 0 spiro atoms. The fourth-order valence-electron chi connectivity index (χ4n) is 3.93. The molecule has 0 aliphatic carbocycles. The summed E-state index contributed by atoms with van der Waals surface area (Å²) in [6.45, 7) is 7.13. The quantitative estimate of drug-likeness (QED) is 0.496. The number of fused-ring (bicyclic) bond motifs is 1. The first-order valence-corrected chi connectivity index (χ1v) is 11.6. The number of hydrogen-bond acceptors (Lipinski definition) is 6. The lowest BCUT2D eigenvalue weighted by Crippen LogP contribution is -2.50. The Balaban J connectivity index is 1.58. The lowest BCUT2D eigenvalue weighted by Gasteiger charge is -2.37. The van der Waals surface area contributed by atoms with Gasteiger partial charge in [-0.3, -0.25) is 0 Å². The standard InChI is InChI=1S/C25H27ClFN5O3/c1-25(2,3)35-23(33)21-20(28)22(18-9-4-15(26)14-19(18)30-21)31-10-12-32(13-11-31)24(34)29-17-7-5-16(27)6-8-17/h4-9,14H,10-13,28H2,1-3H3,(H,29,34). The summed E-state index contributed by atoms with van der Waals surface area (Å²) in [7, 11) is 0. The predicted molar refractivity (Wildman–Crippen MR) is 136 cm³/mol. The molecular weight excluding hydrogens is 473 g/mol. The number of nitrogens with zero attached hydrogens (tertiary/aromatic N) is 3. The van der Waals surface area contributed by atoms with Gasteiger partial charge in [-0.1, -0.05) is 11.6 Å². The number of piperazine rings is 1. The molecule has 3 N–H and O–H groups in total. The lowest BCUT2D eigenvalue weighted by molar-refractivity contribution is 0.00646. The molecule has 0 unspecified atom stereocenters. The van der Waals surface area contributed by atoms with Crippen molar-refractivity contribution in [3.63, 3.8) is 0 Å². The van der Waals surface area contributed by atoms with E-state index in [4.69, 9.17) is 22.1 Å². The highest BCUT2D eigenvalue weighted by atomic mass is 35.5. The molecule has 10 heteroatoms. The Morgan fingerprint density at radius 1 is 1.09 bits per heavy atom. The first-order valence-electron chi connectivity index (χ1n) is 11.2. The summed E-state index contributed by atoms with van der Waals surface area (Å²) in [5.74, 6) is -0.985. The number of pyridine rings is 1. The molecule has 3 aromatic rings. The van der Waals surface area contributed by atoms with Crippen LogP contribution in [0.3, 0.4) is 0 Å². The van der Waals surface area contributed by atoms with Crippen LogP contribution < -0.4 is 16.0 Å². The molecule has 184 valence electrons. The number of nitrogens with two attached hydrogens (primary N) is 1. The molecule has 0 saturated carbocycles. The third kappa shape index (κ3) is 5.57. The van der Waals surface area contributed by atoms with Crippen LogP contribution in [-0.4, -0.2) is 53.7 Å². The number of esters is 1.